The molecule has 1 aromatic carbocycles. The molecule has 8 nitrogen and oxygen atoms in total. The maximum absolute atomic E-state index is 13.1. The normalized spacial score (nSPS) is 23.3. The van der Waals surface area contributed by atoms with Gasteiger partial charge in [-0.25, -0.2) is 8.42 Å². The van der Waals surface area contributed by atoms with Gasteiger partial charge in [0, 0.05) is 45.2 Å². The number of amides is 2. The van der Waals surface area contributed by atoms with Gasteiger partial charge in [0.05, 0.1) is 17.9 Å². The first-order valence-corrected chi connectivity index (χ1v) is 12.6. The Hall–Kier alpha value is -2.13. The van der Waals surface area contributed by atoms with E-state index in [1.165, 1.54) is 23.5 Å². The van der Waals surface area contributed by atoms with Crippen molar-refractivity contribution < 1.29 is 22.7 Å². The molecule has 2 amide bonds. The molecule has 0 aromatic heterocycles. The average Bonchev–Trinajstić information content (AvgIpc) is 2.77. The van der Waals surface area contributed by atoms with E-state index in [0.717, 1.165) is 19.3 Å². The van der Waals surface area contributed by atoms with E-state index in [1.807, 2.05) is 4.90 Å². The van der Waals surface area contributed by atoms with Gasteiger partial charge in [-0.1, -0.05) is 6.42 Å². The van der Waals surface area contributed by atoms with Crippen molar-refractivity contribution in [3.8, 4) is 5.75 Å². The fourth-order valence-electron chi connectivity index (χ4n) is 4.58. The summed E-state index contributed by atoms with van der Waals surface area (Å²) in [7, 11) is -2.12. The van der Waals surface area contributed by atoms with Gasteiger partial charge in [0.25, 0.3) is 0 Å². The Morgan fingerprint density at radius 3 is 1.90 bits per heavy atom. The highest BCUT2D eigenvalue weighted by Crippen LogP contribution is 2.29. The molecule has 1 atom stereocenters. The SMILES string of the molecule is COc1ccc(S(=O)(=O)N2CCCC(C(=O)N3CCN(C(=O)C4CCC4)CC3)C2)cc1. The first-order valence-electron chi connectivity index (χ1n) is 11.1. The quantitative estimate of drug-likeness (QED) is 0.681. The largest absolute Gasteiger partial charge is 0.497 e. The van der Waals surface area contributed by atoms with Gasteiger partial charge in [0.15, 0.2) is 0 Å². The third-order valence-corrected chi connectivity index (χ3v) is 8.67. The standard InChI is InChI=1S/C22H31N3O5S/c1-30-19-7-9-20(10-8-19)31(28,29)25-11-3-6-18(16-25)22(27)24-14-12-23(13-15-24)21(26)17-4-2-5-17/h7-10,17-18H,2-6,11-16H2,1H3. The molecule has 1 aromatic rings. The smallest absolute Gasteiger partial charge is 0.243 e. The second-order valence-corrected chi connectivity index (χ2v) is 10.6. The Morgan fingerprint density at radius 2 is 1.39 bits per heavy atom. The third-order valence-electron chi connectivity index (χ3n) is 6.79. The summed E-state index contributed by atoms with van der Waals surface area (Å²) in [6, 6.07) is 6.34. The number of carbonyl (C=O) groups is 2. The molecule has 1 saturated carbocycles. The van der Waals surface area contributed by atoms with E-state index in [4.69, 9.17) is 4.74 Å². The van der Waals surface area contributed by atoms with Crippen molar-refractivity contribution in [2.75, 3.05) is 46.4 Å². The molecule has 4 rings (SSSR count). The minimum atomic E-state index is -3.66. The van der Waals surface area contributed by atoms with Gasteiger partial charge in [0.1, 0.15) is 5.75 Å². The van der Waals surface area contributed by atoms with Crippen molar-refractivity contribution >= 4 is 21.8 Å². The minimum Gasteiger partial charge on any atom is -0.497 e. The summed E-state index contributed by atoms with van der Waals surface area (Å²) in [5, 5.41) is 0. The molecule has 0 N–H and O–H groups in total. The van der Waals surface area contributed by atoms with Crippen LogP contribution in [0, 0.1) is 11.8 Å². The number of hydrogen-bond acceptors (Lipinski definition) is 5. The zero-order chi connectivity index (χ0) is 22.0. The number of piperidine rings is 1. The highest BCUT2D eigenvalue weighted by atomic mass is 32.2. The number of piperazine rings is 1. The maximum Gasteiger partial charge on any atom is 0.243 e. The highest BCUT2D eigenvalue weighted by Gasteiger charge is 2.37. The van der Waals surface area contributed by atoms with Crippen LogP contribution in [0.3, 0.4) is 0 Å². The van der Waals surface area contributed by atoms with Crippen molar-refractivity contribution in [3.05, 3.63) is 24.3 Å². The lowest BCUT2D eigenvalue weighted by Gasteiger charge is -2.40. The van der Waals surface area contributed by atoms with Crippen LogP contribution in [-0.2, 0) is 19.6 Å². The Kier molecular flexibility index (Phi) is 6.52. The van der Waals surface area contributed by atoms with E-state index < -0.39 is 10.0 Å². The zero-order valence-corrected chi connectivity index (χ0v) is 18.8. The van der Waals surface area contributed by atoms with Crippen LogP contribution < -0.4 is 4.74 Å². The average molecular weight is 450 g/mol. The molecule has 3 fully saturated rings. The predicted octanol–water partition coefficient (Wildman–Crippen LogP) is 1.57. The lowest BCUT2D eigenvalue weighted by molar-refractivity contribution is -0.146. The van der Waals surface area contributed by atoms with Crippen molar-refractivity contribution in [1.82, 2.24) is 14.1 Å². The van der Waals surface area contributed by atoms with E-state index in [0.29, 0.717) is 51.3 Å². The summed E-state index contributed by atoms with van der Waals surface area (Å²) in [5.74, 6) is 0.673. The Bertz CT molecular complexity index is 906. The van der Waals surface area contributed by atoms with Gasteiger partial charge in [-0.3, -0.25) is 9.59 Å². The molecule has 0 spiro atoms. The van der Waals surface area contributed by atoms with Gasteiger partial charge in [0.2, 0.25) is 21.8 Å². The number of rotatable bonds is 5. The van der Waals surface area contributed by atoms with Gasteiger partial charge in [-0.2, -0.15) is 4.31 Å². The fourth-order valence-corrected chi connectivity index (χ4v) is 6.10. The van der Waals surface area contributed by atoms with Crippen LogP contribution in [0.2, 0.25) is 0 Å². The Balaban J connectivity index is 1.35. The molecule has 2 aliphatic heterocycles. The molecule has 9 heteroatoms. The van der Waals surface area contributed by atoms with E-state index >= 15 is 0 Å². The van der Waals surface area contributed by atoms with Crippen molar-refractivity contribution in [2.45, 2.75) is 37.0 Å². The van der Waals surface area contributed by atoms with E-state index in [2.05, 4.69) is 0 Å². The van der Waals surface area contributed by atoms with Crippen molar-refractivity contribution in [1.29, 1.82) is 0 Å². The second kappa shape index (κ2) is 9.16. The van der Waals surface area contributed by atoms with Crippen LogP contribution in [0.1, 0.15) is 32.1 Å². The first kappa shape index (κ1) is 22.1. The molecule has 2 saturated heterocycles. The third kappa shape index (κ3) is 4.57. The highest BCUT2D eigenvalue weighted by molar-refractivity contribution is 7.89. The number of carbonyl (C=O) groups excluding carboxylic acids is 2. The fraction of sp³-hybridized carbons (Fsp3) is 0.636. The lowest BCUT2D eigenvalue weighted by atomic mass is 9.84. The molecule has 1 aliphatic carbocycles. The number of methoxy groups -OCH3 is 1. The molecule has 0 radical (unpaired) electrons. The van der Waals surface area contributed by atoms with E-state index in [-0.39, 0.29) is 35.1 Å². The number of hydrogen-bond donors (Lipinski definition) is 0. The van der Waals surface area contributed by atoms with Crippen LogP contribution in [0.5, 0.6) is 5.75 Å². The first-order chi connectivity index (χ1) is 14.9. The molecule has 1 unspecified atom stereocenters. The van der Waals surface area contributed by atoms with Crippen molar-refractivity contribution in [3.63, 3.8) is 0 Å². The Morgan fingerprint density at radius 1 is 0.839 bits per heavy atom. The molecule has 31 heavy (non-hydrogen) atoms. The molecule has 170 valence electrons. The number of benzene rings is 1. The topological polar surface area (TPSA) is 87.2 Å². The number of sulfonamides is 1. The van der Waals surface area contributed by atoms with Gasteiger partial charge in [-0.15, -0.1) is 0 Å². The van der Waals surface area contributed by atoms with Crippen LogP contribution in [0.25, 0.3) is 0 Å². The number of ether oxygens (including phenoxy) is 1. The lowest BCUT2D eigenvalue weighted by Crippen LogP contribution is -2.55. The monoisotopic (exact) mass is 449 g/mol. The molecular weight excluding hydrogens is 418 g/mol. The molecule has 2 heterocycles. The maximum atomic E-state index is 13.1. The summed E-state index contributed by atoms with van der Waals surface area (Å²) >= 11 is 0. The van der Waals surface area contributed by atoms with Gasteiger partial charge < -0.3 is 14.5 Å². The number of nitrogens with zero attached hydrogens (tertiary/aromatic N) is 3. The predicted molar refractivity (Wildman–Crippen MR) is 115 cm³/mol. The second-order valence-electron chi connectivity index (χ2n) is 8.66. The minimum absolute atomic E-state index is 0.00498. The van der Waals surface area contributed by atoms with Gasteiger partial charge >= 0.3 is 0 Å². The summed E-state index contributed by atoms with van der Waals surface area (Å²) in [6.07, 6.45) is 4.45. The van der Waals surface area contributed by atoms with Crippen LogP contribution in [0.4, 0.5) is 0 Å². The van der Waals surface area contributed by atoms with E-state index in [9.17, 15) is 18.0 Å². The molecular formula is C22H31N3O5S. The Labute approximate surface area is 184 Å². The zero-order valence-electron chi connectivity index (χ0n) is 18.0. The van der Waals surface area contributed by atoms with Crippen LogP contribution >= 0.6 is 0 Å². The summed E-state index contributed by atoms with van der Waals surface area (Å²) in [5.41, 5.74) is 0. The summed E-state index contributed by atoms with van der Waals surface area (Å²) < 4.78 is 32.7. The van der Waals surface area contributed by atoms with Crippen LogP contribution in [-0.4, -0.2) is 80.7 Å². The van der Waals surface area contributed by atoms with E-state index in [1.54, 1.807) is 17.0 Å². The summed E-state index contributed by atoms with van der Waals surface area (Å²) in [4.78, 5) is 29.4. The van der Waals surface area contributed by atoms with Gasteiger partial charge in [-0.05, 0) is 49.9 Å². The molecule has 0 bridgehead atoms. The molecule has 3 aliphatic rings. The van der Waals surface area contributed by atoms with Crippen molar-refractivity contribution in [2.24, 2.45) is 11.8 Å². The van der Waals surface area contributed by atoms with Crippen LogP contribution in [0.15, 0.2) is 29.2 Å². The summed E-state index contributed by atoms with van der Waals surface area (Å²) in [6.45, 7) is 2.82.